The molecule has 2 unspecified atom stereocenters. The number of aryl methyl sites for hydroxylation is 1. The van der Waals surface area contributed by atoms with E-state index in [0.29, 0.717) is 11.3 Å². The second-order valence-corrected chi connectivity index (χ2v) is 10.3. The third-order valence-corrected chi connectivity index (χ3v) is 7.48. The molecule has 1 saturated heterocycles. The van der Waals surface area contributed by atoms with E-state index < -0.39 is 48.7 Å². The van der Waals surface area contributed by atoms with Crippen molar-refractivity contribution in [1.29, 1.82) is 0 Å². The third kappa shape index (κ3) is 5.94. The minimum atomic E-state index is -4.62. The van der Waals surface area contributed by atoms with Crippen LogP contribution in [0.5, 0.6) is 0 Å². The minimum Gasteiger partial charge on any atom is -0.382 e. The summed E-state index contributed by atoms with van der Waals surface area (Å²) in [5, 5.41) is 16.3. The number of fused-ring (bicyclic) bond motifs is 1. The molecule has 0 spiro atoms. The van der Waals surface area contributed by atoms with Gasteiger partial charge in [0.15, 0.2) is 11.3 Å². The number of hydrogen-bond acceptors (Lipinski definition) is 8. The normalized spacial score (nSPS) is 21.2. The van der Waals surface area contributed by atoms with Crippen molar-refractivity contribution in [3.8, 4) is 0 Å². The van der Waals surface area contributed by atoms with Crippen LogP contribution in [-0.2, 0) is 4.74 Å². The molecule has 2 fully saturated rings. The lowest BCUT2D eigenvalue weighted by Gasteiger charge is -2.33. The zero-order valence-electron chi connectivity index (χ0n) is 22.0. The summed E-state index contributed by atoms with van der Waals surface area (Å²) in [4.78, 5) is 31.0. The average Bonchev–Trinajstić information content (AvgIpc) is 3.63. The first-order valence-corrected chi connectivity index (χ1v) is 12.8. The van der Waals surface area contributed by atoms with Crippen LogP contribution in [0.3, 0.4) is 0 Å². The van der Waals surface area contributed by atoms with E-state index in [9.17, 15) is 31.5 Å². The highest BCUT2D eigenvalue weighted by Gasteiger charge is 2.48. The van der Waals surface area contributed by atoms with E-state index in [0.717, 1.165) is 4.90 Å². The maximum absolute atomic E-state index is 13.9. The highest BCUT2D eigenvalue weighted by Crippen LogP contribution is 2.41. The zero-order valence-corrected chi connectivity index (χ0v) is 22.0. The van der Waals surface area contributed by atoms with Gasteiger partial charge in [0.25, 0.3) is 5.91 Å². The van der Waals surface area contributed by atoms with Gasteiger partial charge in [-0.1, -0.05) is 5.16 Å². The smallest absolute Gasteiger partial charge is 0.382 e. The molecular formula is C24H27F5N8O4. The molecule has 2 N–H and O–H groups in total. The molecule has 2 aliphatic rings. The maximum atomic E-state index is 13.9. The molecule has 0 bridgehead atoms. The quantitative estimate of drug-likeness (QED) is 0.383. The fourth-order valence-corrected chi connectivity index (χ4v) is 5.25. The standard InChI is InChI=1S/C24H27F5N8O4/c1-12-19(35-41-34-12)21(38)33-20(13-3-5-23(25,26)6-4-13)15-9-37-18(31-15)7-14(8-30-37)16(11-40-2)36-10-17(24(27,28)29)32-22(36)39/h7-9,13,16-17,20H,3-6,10-11H2,1-2H3,(H,32,39)(H,33,38)/t16?,17-,20?/m0/s1. The third-order valence-electron chi connectivity index (χ3n) is 7.48. The van der Waals surface area contributed by atoms with Gasteiger partial charge in [0.05, 0.1) is 43.3 Å². The van der Waals surface area contributed by atoms with Crippen molar-refractivity contribution in [2.45, 2.75) is 62.8 Å². The molecule has 12 nitrogen and oxygen atoms in total. The van der Waals surface area contributed by atoms with Crippen LogP contribution in [0.15, 0.2) is 23.1 Å². The van der Waals surface area contributed by atoms with E-state index in [2.05, 4.69) is 30.3 Å². The van der Waals surface area contributed by atoms with Gasteiger partial charge in [-0.15, -0.1) is 0 Å². The van der Waals surface area contributed by atoms with Crippen LogP contribution in [0.2, 0.25) is 0 Å². The monoisotopic (exact) mass is 586 g/mol. The Morgan fingerprint density at radius 3 is 2.63 bits per heavy atom. The molecule has 5 rings (SSSR count). The fourth-order valence-electron chi connectivity index (χ4n) is 5.25. The summed E-state index contributed by atoms with van der Waals surface area (Å²) in [5.41, 5.74) is 1.18. The van der Waals surface area contributed by atoms with Gasteiger partial charge in [0, 0.05) is 25.5 Å². The Hall–Kier alpha value is -3.89. The van der Waals surface area contributed by atoms with Gasteiger partial charge in [-0.25, -0.2) is 27.7 Å². The van der Waals surface area contributed by atoms with E-state index in [1.54, 1.807) is 6.07 Å². The first-order valence-electron chi connectivity index (χ1n) is 12.8. The predicted molar refractivity (Wildman–Crippen MR) is 129 cm³/mol. The van der Waals surface area contributed by atoms with Crippen molar-refractivity contribution in [3.05, 3.63) is 41.1 Å². The highest BCUT2D eigenvalue weighted by atomic mass is 19.4. The number of imidazole rings is 1. The molecule has 3 aromatic heterocycles. The van der Waals surface area contributed by atoms with Crippen molar-refractivity contribution in [1.82, 2.24) is 40.4 Å². The summed E-state index contributed by atoms with van der Waals surface area (Å²) < 4.78 is 78.8. The number of nitrogens with zero attached hydrogens (tertiary/aromatic N) is 6. The fraction of sp³-hybridized carbons (Fsp3) is 0.583. The largest absolute Gasteiger partial charge is 0.410 e. The Bertz CT molecular complexity index is 1420. The van der Waals surface area contributed by atoms with Gasteiger partial charge in [-0.2, -0.15) is 18.3 Å². The van der Waals surface area contributed by atoms with Crippen molar-refractivity contribution < 1.29 is 40.9 Å². The van der Waals surface area contributed by atoms with E-state index in [4.69, 9.17) is 4.74 Å². The van der Waals surface area contributed by atoms with Crippen LogP contribution in [-0.4, -0.2) is 80.2 Å². The van der Waals surface area contributed by atoms with Gasteiger partial charge >= 0.3 is 12.2 Å². The molecule has 1 aliphatic carbocycles. The molecular weight excluding hydrogens is 559 g/mol. The van der Waals surface area contributed by atoms with Gasteiger partial charge in [-0.05, 0) is 36.9 Å². The topological polar surface area (TPSA) is 140 Å². The number of methoxy groups -OCH3 is 1. The number of carbonyl (C=O) groups is 2. The predicted octanol–water partition coefficient (Wildman–Crippen LogP) is 3.36. The molecule has 1 aliphatic heterocycles. The van der Waals surface area contributed by atoms with Crippen LogP contribution in [0, 0.1) is 12.8 Å². The van der Waals surface area contributed by atoms with Crippen LogP contribution in [0.4, 0.5) is 26.7 Å². The minimum absolute atomic E-state index is 0.0521. The number of hydrogen-bond donors (Lipinski definition) is 2. The highest BCUT2D eigenvalue weighted by molar-refractivity contribution is 5.93. The summed E-state index contributed by atoms with van der Waals surface area (Å²) in [7, 11) is 1.36. The van der Waals surface area contributed by atoms with Crippen molar-refractivity contribution in [2.75, 3.05) is 20.3 Å². The lowest BCUT2D eigenvalue weighted by Crippen LogP contribution is -2.40. The number of ether oxygens (including phenoxy) is 1. The van der Waals surface area contributed by atoms with Crippen LogP contribution in [0.1, 0.15) is 65.2 Å². The van der Waals surface area contributed by atoms with E-state index in [-0.39, 0.29) is 55.2 Å². The van der Waals surface area contributed by atoms with Crippen LogP contribution < -0.4 is 10.6 Å². The lowest BCUT2D eigenvalue weighted by molar-refractivity contribution is -0.150. The second-order valence-electron chi connectivity index (χ2n) is 10.3. The molecule has 3 amide bonds. The van der Waals surface area contributed by atoms with Crippen molar-refractivity contribution in [2.24, 2.45) is 5.92 Å². The molecule has 3 aromatic rings. The first kappa shape index (κ1) is 28.6. The Kier molecular flexibility index (Phi) is 7.56. The molecule has 0 radical (unpaired) electrons. The number of nitrogens with one attached hydrogen (secondary N) is 2. The summed E-state index contributed by atoms with van der Waals surface area (Å²) >= 11 is 0. The Morgan fingerprint density at radius 1 is 1.29 bits per heavy atom. The molecule has 1 saturated carbocycles. The van der Waals surface area contributed by atoms with E-state index in [1.165, 1.54) is 30.9 Å². The first-order chi connectivity index (χ1) is 19.4. The van der Waals surface area contributed by atoms with Crippen molar-refractivity contribution in [3.63, 3.8) is 0 Å². The van der Waals surface area contributed by atoms with Gasteiger partial charge in [0.2, 0.25) is 5.92 Å². The summed E-state index contributed by atoms with van der Waals surface area (Å²) in [6.07, 6.45) is -2.14. The number of amides is 3. The van der Waals surface area contributed by atoms with E-state index in [1.807, 2.05) is 5.32 Å². The van der Waals surface area contributed by atoms with E-state index >= 15 is 0 Å². The average molecular weight is 587 g/mol. The Labute approximate surface area is 229 Å². The Balaban J connectivity index is 1.45. The van der Waals surface area contributed by atoms with Gasteiger partial charge in [0.1, 0.15) is 11.7 Å². The van der Waals surface area contributed by atoms with Crippen molar-refractivity contribution >= 4 is 17.6 Å². The Morgan fingerprint density at radius 2 is 2.02 bits per heavy atom. The van der Waals surface area contributed by atoms with Crippen LogP contribution in [0.25, 0.3) is 5.65 Å². The molecule has 41 heavy (non-hydrogen) atoms. The number of halogens is 5. The number of aromatic nitrogens is 5. The number of carbonyl (C=O) groups excluding carboxylic acids is 2. The SMILES string of the molecule is COCC(c1cnn2cc(C(NC(=O)c3nonc3C)C3CCC(F)(F)CC3)nc2c1)N1C[C@@H](C(F)(F)F)NC1=O. The summed E-state index contributed by atoms with van der Waals surface area (Å²) in [6, 6.07) is -3.06. The molecule has 222 valence electrons. The second kappa shape index (κ2) is 10.8. The van der Waals surface area contributed by atoms with Gasteiger partial charge in [-0.3, -0.25) is 4.79 Å². The number of urea groups is 1. The lowest BCUT2D eigenvalue weighted by atomic mass is 9.81. The summed E-state index contributed by atoms with van der Waals surface area (Å²) in [6.45, 7) is 0.813. The molecule has 0 aromatic carbocycles. The molecule has 3 atom stereocenters. The van der Waals surface area contributed by atoms with Gasteiger partial charge < -0.3 is 20.3 Å². The molecule has 17 heteroatoms. The maximum Gasteiger partial charge on any atom is 0.410 e. The molecule has 4 heterocycles. The zero-order chi connectivity index (χ0) is 29.5. The number of rotatable bonds is 8. The summed E-state index contributed by atoms with van der Waals surface area (Å²) in [5.74, 6) is -3.79. The van der Waals surface area contributed by atoms with Crippen LogP contribution >= 0.6 is 0 Å². The number of alkyl halides is 5.